The number of imidazole rings is 1. The lowest BCUT2D eigenvalue weighted by molar-refractivity contribution is -0.286. The largest absolute Gasteiger partial charge is 0.586 e. The summed E-state index contributed by atoms with van der Waals surface area (Å²) in [6.07, 6.45) is -1.05. The molecule has 2 aromatic heterocycles. The molecule has 0 bridgehead atoms. The van der Waals surface area contributed by atoms with Crippen molar-refractivity contribution in [2.24, 2.45) is 0 Å². The topological polar surface area (TPSA) is 85.5 Å². The van der Waals surface area contributed by atoms with Crippen LogP contribution in [-0.4, -0.2) is 28.8 Å². The van der Waals surface area contributed by atoms with E-state index in [1.54, 1.807) is 18.3 Å². The number of aromatic nitrogens is 2. The van der Waals surface area contributed by atoms with Crippen LogP contribution in [0.2, 0.25) is 0 Å². The number of carbonyl (C=O) groups is 1. The van der Waals surface area contributed by atoms with Crippen LogP contribution in [0.25, 0.3) is 21.5 Å². The van der Waals surface area contributed by atoms with Crippen LogP contribution in [-0.2, 0) is 11.2 Å². The molecule has 2 aliphatic heterocycles. The summed E-state index contributed by atoms with van der Waals surface area (Å²) in [5.41, 5.74) is 4.82. The summed E-state index contributed by atoms with van der Waals surface area (Å²) in [4.78, 5) is 19.4. The minimum atomic E-state index is -3.65. The number of nitrogens with zero attached hydrogens (tertiary/aromatic N) is 1. The molecule has 1 amide bonds. The fourth-order valence-corrected chi connectivity index (χ4v) is 4.71. The Labute approximate surface area is 231 Å². The Bertz CT molecular complexity index is 1340. The van der Waals surface area contributed by atoms with Crippen molar-refractivity contribution in [3.8, 4) is 27.7 Å². The number of aryl methyl sites for hydroxylation is 2. The van der Waals surface area contributed by atoms with E-state index < -0.39 is 6.29 Å². The highest BCUT2D eigenvalue weighted by molar-refractivity contribution is 7.13. The highest BCUT2D eigenvalue weighted by atomic mass is 32.1. The summed E-state index contributed by atoms with van der Waals surface area (Å²) in [7, 11) is 0. The number of amides is 1. The van der Waals surface area contributed by atoms with Crippen LogP contribution < -0.4 is 19.5 Å². The van der Waals surface area contributed by atoms with E-state index in [4.69, 9.17) is 4.74 Å². The number of thiophene rings is 1. The number of halogens is 2. The maximum absolute atomic E-state index is 12.9. The second-order valence-electron chi connectivity index (χ2n) is 8.18. The minimum Gasteiger partial charge on any atom is -0.493 e. The molecular formula is C29H35F2N3O4S. The number of ether oxygens (including phenoxy) is 3. The van der Waals surface area contributed by atoms with Gasteiger partial charge in [-0.15, -0.1) is 20.1 Å². The van der Waals surface area contributed by atoms with Crippen LogP contribution in [0, 0.1) is 6.92 Å². The van der Waals surface area contributed by atoms with E-state index >= 15 is 0 Å². The van der Waals surface area contributed by atoms with Crippen molar-refractivity contribution >= 4 is 34.2 Å². The number of hydrogen-bond donors (Lipinski definition) is 2. The van der Waals surface area contributed by atoms with Gasteiger partial charge in [-0.2, -0.15) is 0 Å². The summed E-state index contributed by atoms with van der Waals surface area (Å²) in [5.74, 6) is 1.00. The van der Waals surface area contributed by atoms with Gasteiger partial charge in [-0.1, -0.05) is 40.7 Å². The SMILES string of the molecule is CC.CC.CCC(=O)Nc1nc2cc3c(cc2[nH]1)OC(F)(F)O3.Cc1cc(-c2cccs2)cc2c1OCCC2. The second-order valence-corrected chi connectivity index (χ2v) is 9.13. The second kappa shape index (κ2) is 13.4. The Morgan fingerprint density at radius 2 is 1.85 bits per heavy atom. The smallest absolute Gasteiger partial charge is 0.493 e. The first-order valence-electron chi connectivity index (χ1n) is 13.2. The molecule has 0 saturated carbocycles. The molecular weight excluding hydrogens is 524 g/mol. The quantitative estimate of drug-likeness (QED) is 0.264. The Kier molecular flexibility index (Phi) is 10.3. The summed E-state index contributed by atoms with van der Waals surface area (Å²) >= 11 is 1.79. The molecule has 7 nitrogen and oxygen atoms in total. The number of nitrogens with one attached hydrogen (secondary N) is 2. The fourth-order valence-electron chi connectivity index (χ4n) is 3.99. The van der Waals surface area contributed by atoms with Crippen LogP contribution in [0.1, 0.15) is 58.6 Å². The predicted octanol–water partition coefficient (Wildman–Crippen LogP) is 8.33. The Hall–Kier alpha value is -3.66. The van der Waals surface area contributed by atoms with Crippen molar-refractivity contribution in [1.82, 2.24) is 9.97 Å². The van der Waals surface area contributed by atoms with Crippen LogP contribution >= 0.6 is 11.3 Å². The van der Waals surface area contributed by atoms with E-state index in [0.29, 0.717) is 17.5 Å². The van der Waals surface area contributed by atoms with Gasteiger partial charge in [-0.05, 0) is 60.0 Å². The molecule has 0 saturated heterocycles. The number of benzene rings is 2. The summed E-state index contributed by atoms with van der Waals surface area (Å²) in [5, 5.41) is 4.66. The number of fused-ring (bicyclic) bond motifs is 3. The minimum absolute atomic E-state index is 0.0745. The lowest BCUT2D eigenvalue weighted by Crippen LogP contribution is -2.25. The van der Waals surface area contributed by atoms with Crippen molar-refractivity contribution in [2.45, 2.75) is 67.1 Å². The summed E-state index contributed by atoms with van der Waals surface area (Å²) in [6, 6.07) is 11.5. The zero-order chi connectivity index (χ0) is 28.6. The molecule has 4 aromatic rings. The molecule has 0 spiro atoms. The third-order valence-electron chi connectivity index (χ3n) is 5.58. The first-order valence-corrected chi connectivity index (χ1v) is 14.1. The van der Waals surface area contributed by atoms with Crippen LogP contribution in [0.4, 0.5) is 14.7 Å². The first kappa shape index (κ1) is 29.9. The number of carbonyl (C=O) groups excluding carboxylic acids is 1. The van der Waals surface area contributed by atoms with Gasteiger partial charge >= 0.3 is 6.29 Å². The fraction of sp³-hybridized carbons (Fsp3) is 0.379. The third kappa shape index (κ3) is 7.26. The monoisotopic (exact) mass is 559 g/mol. The maximum atomic E-state index is 12.9. The van der Waals surface area contributed by atoms with Crippen molar-refractivity contribution < 1.29 is 27.8 Å². The first-order chi connectivity index (χ1) is 18.8. The molecule has 6 rings (SSSR count). The van der Waals surface area contributed by atoms with E-state index in [9.17, 15) is 13.6 Å². The van der Waals surface area contributed by atoms with Gasteiger partial charge in [-0.25, -0.2) is 4.98 Å². The highest BCUT2D eigenvalue weighted by Crippen LogP contribution is 2.43. The molecule has 0 radical (unpaired) electrons. The van der Waals surface area contributed by atoms with Gasteiger partial charge in [0, 0.05) is 23.4 Å². The number of aromatic amines is 1. The van der Waals surface area contributed by atoms with Gasteiger partial charge in [0.1, 0.15) is 5.75 Å². The molecule has 2 aliphatic rings. The molecule has 4 heterocycles. The molecule has 0 aliphatic carbocycles. The standard InChI is InChI=1S/C14H14OS.C11H9F2N3O3.2C2H6/c1-10-8-12(13-5-3-7-16-13)9-11-4-2-6-15-14(10)11;1-2-9(17)16-10-14-5-3-7-8(4-6(5)15-10)19-11(12,13)18-7;2*1-2/h3,5,7-9H,2,4,6H2,1H3;3-4H,2H2,1H3,(H2,14,15,16,17);2*1-2H3. The summed E-state index contributed by atoms with van der Waals surface area (Å²) < 4.78 is 40.1. The van der Waals surface area contributed by atoms with Gasteiger partial charge in [0.05, 0.1) is 17.6 Å². The van der Waals surface area contributed by atoms with Gasteiger partial charge in [0.25, 0.3) is 0 Å². The summed E-state index contributed by atoms with van der Waals surface area (Å²) in [6.45, 7) is 12.7. The number of H-pyrrole nitrogens is 1. The lowest BCUT2D eigenvalue weighted by atomic mass is 9.99. The zero-order valence-corrected chi connectivity index (χ0v) is 23.9. The van der Waals surface area contributed by atoms with E-state index in [1.807, 2.05) is 27.7 Å². The lowest BCUT2D eigenvalue weighted by Gasteiger charge is -2.20. The van der Waals surface area contributed by atoms with Gasteiger partial charge in [-0.3, -0.25) is 10.1 Å². The molecule has 0 unspecified atom stereocenters. The van der Waals surface area contributed by atoms with Crippen LogP contribution in [0.5, 0.6) is 17.2 Å². The Morgan fingerprint density at radius 1 is 1.13 bits per heavy atom. The van der Waals surface area contributed by atoms with E-state index in [1.165, 1.54) is 33.7 Å². The van der Waals surface area contributed by atoms with E-state index in [-0.39, 0.29) is 23.4 Å². The average Bonchev–Trinajstić information content (AvgIpc) is 3.67. The zero-order valence-electron chi connectivity index (χ0n) is 23.1. The highest BCUT2D eigenvalue weighted by Gasteiger charge is 2.43. The molecule has 0 fully saturated rings. The van der Waals surface area contributed by atoms with Crippen molar-refractivity contribution in [3.63, 3.8) is 0 Å². The van der Waals surface area contributed by atoms with E-state index in [2.05, 4.69) is 61.3 Å². The van der Waals surface area contributed by atoms with Gasteiger partial charge < -0.3 is 19.2 Å². The molecule has 210 valence electrons. The van der Waals surface area contributed by atoms with Crippen LogP contribution in [0.3, 0.4) is 0 Å². The Morgan fingerprint density at radius 3 is 2.51 bits per heavy atom. The third-order valence-corrected chi connectivity index (χ3v) is 6.50. The van der Waals surface area contributed by atoms with Crippen LogP contribution in [0.15, 0.2) is 41.8 Å². The van der Waals surface area contributed by atoms with Crippen molar-refractivity contribution in [2.75, 3.05) is 11.9 Å². The number of anilines is 1. The molecule has 2 N–H and O–H groups in total. The van der Waals surface area contributed by atoms with Gasteiger partial charge in [0.15, 0.2) is 11.5 Å². The van der Waals surface area contributed by atoms with E-state index in [0.717, 1.165) is 25.2 Å². The maximum Gasteiger partial charge on any atom is 0.586 e. The number of hydrogen-bond acceptors (Lipinski definition) is 6. The predicted molar refractivity (Wildman–Crippen MR) is 152 cm³/mol. The molecule has 2 aromatic carbocycles. The molecule has 10 heteroatoms. The number of alkyl halides is 2. The van der Waals surface area contributed by atoms with Crippen molar-refractivity contribution in [3.05, 3.63) is 52.9 Å². The van der Waals surface area contributed by atoms with Crippen molar-refractivity contribution in [1.29, 1.82) is 0 Å². The van der Waals surface area contributed by atoms with Gasteiger partial charge in [0.2, 0.25) is 11.9 Å². The Balaban J connectivity index is 0.000000193. The molecule has 39 heavy (non-hydrogen) atoms. The number of rotatable bonds is 3. The normalized spacial score (nSPS) is 13.8. The average molecular weight is 560 g/mol. The molecule has 0 atom stereocenters.